The summed E-state index contributed by atoms with van der Waals surface area (Å²) in [7, 11) is 0. The van der Waals surface area contributed by atoms with Crippen molar-refractivity contribution >= 4 is 18.7 Å². The van der Waals surface area contributed by atoms with Crippen molar-refractivity contribution < 1.29 is 10.3 Å². The number of carbonyl (C=O) groups is 1. The lowest BCUT2D eigenvalue weighted by Crippen LogP contribution is -1.64. The third kappa shape index (κ3) is 24.7. The summed E-state index contributed by atoms with van der Waals surface area (Å²) in [6, 6.07) is 0. The fourth-order valence-corrected chi connectivity index (χ4v) is 0.118. The van der Waals surface area contributed by atoms with Crippen LogP contribution in [0.5, 0.6) is 0 Å². The van der Waals surface area contributed by atoms with Gasteiger partial charge in [-0.05, 0) is 6.42 Å². The van der Waals surface area contributed by atoms with Crippen molar-refractivity contribution in [3.8, 4) is 0 Å². The maximum atomic E-state index is 9.40. The lowest BCUT2D eigenvalue weighted by atomic mass is 10.4. The van der Waals surface area contributed by atoms with Crippen LogP contribution >= 0.6 is 12.4 Å². The minimum absolute atomic E-state index is 0. The van der Waals surface area contributed by atoms with Gasteiger partial charge in [0.2, 0.25) is 0 Å². The van der Waals surface area contributed by atoms with Gasteiger partial charge >= 0.3 is 0 Å². The highest BCUT2D eigenvalue weighted by atomic mass is 35.5. The molecule has 0 aromatic heterocycles. The van der Waals surface area contributed by atoms with E-state index < -0.39 is 0 Å². The second-order valence-corrected chi connectivity index (χ2v) is 0.955. The Labute approximate surface area is 49.6 Å². The summed E-state index contributed by atoms with van der Waals surface area (Å²) in [4.78, 5) is 9.40. The van der Waals surface area contributed by atoms with Gasteiger partial charge in [-0.25, -0.2) is 0 Å². The zero-order valence-electron chi connectivity index (χ0n) is 4.31. The minimum atomic E-state index is 0. The molecular weight excluding hydrogens is 115 g/mol. The zero-order valence-corrected chi connectivity index (χ0v) is 5.12. The van der Waals surface area contributed by atoms with Crippen molar-refractivity contribution in [2.75, 3.05) is 0 Å². The van der Waals surface area contributed by atoms with E-state index in [4.69, 9.17) is 0 Å². The average molecular weight is 127 g/mol. The minimum Gasteiger partial charge on any atom is -0.412 e. The monoisotopic (exact) mass is 126 g/mol. The first kappa shape index (κ1) is 15.8. The Kier molecular flexibility index (Phi) is 37.9. The molecule has 0 spiro atoms. The van der Waals surface area contributed by atoms with Crippen LogP contribution in [-0.2, 0) is 4.79 Å². The van der Waals surface area contributed by atoms with Gasteiger partial charge in [-0.15, -0.1) is 12.4 Å². The molecule has 3 heteroatoms. The van der Waals surface area contributed by atoms with E-state index in [9.17, 15) is 4.79 Å². The quantitative estimate of drug-likeness (QED) is 0.500. The Morgan fingerprint density at radius 1 is 1.57 bits per heavy atom. The number of carbonyl (C=O) groups excluding carboxylic acids is 1. The molecule has 0 aliphatic rings. The molecule has 0 fully saturated rings. The van der Waals surface area contributed by atoms with Crippen LogP contribution in [-0.4, -0.2) is 11.8 Å². The van der Waals surface area contributed by atoms with Crippen LogP contribution in [0, 0.1) is 0 Å². The van der Waals surface area contributed by atoms with Crippen molar-refractivity contribution in [1.82, 2.24) is 0 Å². The van der Waals surface area contributed by atoms with E-state index in [0.29, 0.717) is 6.42 Å². The van der Waals surface area contributed by atoms with Crippen molar-refractivity contribution in [2.24, 2.45) is 0 Å². The fourth-order valence-electron chi connectivity index (χ4n) is 0.118. The lowest BCUT2D eigenvalue weighted by molar-refractivity contribution is -0.107. The highest BCUT2D eigenvalue weighted by molar-refractivity contribution is 5.85. The van der Waals surface area contributed by atoms with Gasteiger partial charge in [0.25, 0.3) is 0 Å². The molecule has 46 valence electrons. The molecule has 0 aliphatic heterocycles. The largest absolute Gasteiger partial charge is 0.412 e. The molecule has 0 aliphatic carbocycles. The second-order valence-electron chi connectivity index (χ2n) is 0.955. The van der Waals surface area contributed by atoms with E-state index in [-0.39, 0.29) is 17.9 Å². The first-order valence-corrected chi connectivity index (χ1v) is 1.85. The predicted molar refractivity (Wildman–Crippen MR) is 31.8 cm³/mol. The predicted octanol–water partition coefficient (Wildman–Crippen LogP) is 0.582. The molecule has 0 aromatic carbocycles. The lowest BCUT2D eigenvalue weighted by Gasteiger charge is -1.68. The summed E-state index contributed by atoms with van der Waals surface area (Å²) in [6.45, 7) is 1.98. The van der Waals surface area contributed by atoms with Crippen molar-refractivity contribution in [1.29, 1.82) is 0 Å². The van der Waals surface area contributed by atoms with Gasteiger partial charge in [0.15, 0.2) is 0 Å². The molecule has 0 radical (unpaired) electrons. The zero-order chi connectivity index (χ0) is 4.12. The Bertz CT molecular complexity index is 30.9. The third-order valence-electron chi connectivity index (χ3n) is 0.407. The van der Waals surface area contributed by atoms with E-state index >= 15 is 0 Å². The Balaban J connectivity index is -0.0000000800. The summed E-state index contributed by atoms with van der Waals surface area (Å²) in [5, 5.41) is 0. The number of halogens is 1. The maximum absolute atomic E-state index is 9.40. The van der Waals surface area contributed by atoms with Crippen LogP contribution in [0.2, 0.25) is 0 Å². The summed E-state index contributed by atoms with van der Waals surface area (Å²) < 4.78 is 0. The molecule has 0 heterocycles. The van der Waals surface area contributed by atoms with Crippen LogP contribution in [0.25, 0.3) is 0 Å². The van der Waals surface area contributed by atoms with Crippen LogP contribution in [0.4, 0.5) is 0 Å². The van der Waals surface area contributed by atoms with Crippen LogP contribution in [0.3, 0.4) is 0 Å². The molecule has 0 saturated carbocycles. The number of rotatable bonds is 2. The number of aldehydes is 1. The van der Waals surface area contributed by atoms with Crippen LogP contribution in [0.15, 0.2) is 0 Å². The number of unbranched alkanes of at least 4 members (excludes halogenated alkanes) is 1. The molecule has 2 nitrogen and oxygen atoms in total. The molecule has 0 amide bonds. The summed E-state index contributed by atoms with van der Waals surface area (Å²) in [5.41, 5.74) is 0. The maximum Gasteiger partial charge on any atom is 0.119 e. The van der Waals surface area contributed by atoms with Crippen LogP contribution < -0.4 is 0 Å². The normalized spacial score (nSPS) is 5.29. The summed E-state index contributed by atoms with van der Waals surface area (Å²) in [5.74, 6) is 0. The smallest absolute Gasteiger partial charge is 0.119 e. The summed E-state index contributed by atoms with van der Waals surface area (Å²) in [6.07, 6.45) is 2.61. The Morgan fingerprint density at radius 3 is 2.00 bits per heavy atom. The van der Waals surface area contributed by atoms with Gasteiger partial charge in [0, 0.05) is 6.42 Å². The summed E-state index contributed by atoms with van der Waals surface area (Å²) >= 11 is 0. The Hall–Kier alpha value is -0.0800. The molecule has 2 N–H and O–H groups in total. The molecule has 7 heavy (non-hydrogen) atoms. The van der Waals surface area contributed by atoms with E-state index in [2.05, 4.69) is 0 Å². The molecule has 0 atom stereocenters. The van der Waals surface area contributed by atoms with E-state index in [1.807, 2.05) is 6.92 Å². The van der Waals surface area contributed by atoms with E-state index in [1.54, 1.807) is 0 Å². The van der Waals surface area contributed by atoms with Gasteiger partial charge in [0.05, 0.1) is 0 Å². The van der Waals surface area contributed by atoms with Crippen LogP contribution in [0.1, 0.15) is 19.8 Å². The standard InChI is InChI=1S/C4H8O.ClH.H2O/c1-2-3-4-5;;/h4H,2-3H2,1H3;1H;1H2. The SMILES string of the molecule is CCCC=O.Cl.O. The molecule has 0 rings (SSSR count). The number of hydrogen-bond acceptors (Lipinski definition) is 1. The number of hydrogen-bond donors (Lipinski definition) is 0. The highest BCUT2D eigenvalue weighted by Crippen LogP contribution is 1.74. The van der Waals surface area contributed by atoms with E-state index in [0.717, 1.165) is 12.7 Å². The molecule has 0 bridgehead atoms. The van der Waals surface area contributed by atoms with Crippen molar-refractivity contribution in [2.45, 2.75) is 19.8 Å². The molecule has 0 saturated heterocycles. The van der Waals surface area contributed by atoms with Gasteiger partial charge < -0.3 is 10.3 Å². The topological polar surface area (TPSA) is 48.6 Å². The van der Waals surface area contributed by atoms with Crippen molar-refractivity contribution in [3.05, 3.63) is 0 Å². The molecular formula is C4H11ClO2. The van der Waals surface area contributed by atoms with Crippen molar-refractivity contribution in [3.63, 3.8) is 0 Å². The molecule has 0 unspecified atom stereocenters. The highest BCUT2D eigenvalue weighted by Gasteiger charge is 1.66. The first-order valence-electron chi connectivity index (χ1n) is 1.85. The first-order chi connectivity index (χ1) is 2.41. The van der Waals surface area contributed by atoms with E-state index in [1.165, 1.54) is 0 Å². The third-order valence-corrected chi connectivity index (χ3v) is 0.407. The second kappa shape index (κ2) is 16.8. The van der Waals surface area contributed by atoms with Gasteiger partial charge in [-0.1, -0.05) is 6.92 Å². The van der Waals surface area contributed by atoms with Gasteiger partial charge in [0.1, 0.15) is 6.29 Å². The fraction of sp³-hybridized carbons (Fsp3) is 0.750. The molecule has 0 aromatic rings. The average Bonchev–Trinajstić information content (AvgIpc) is 1.41. The Morgan fingerprint density at radius 2 is 2.00 bits per heavy atom. The van der Waals surface area contributed by atoms with Gasteiger partial charge in [-0.3, -0.25) is 0 Å². The van der Waals surface area contributed by atoms with Gasteiger partial charge in [-0.2, -0.15) is 0 Å².